The monoisotopic (exact) mass is 277 g/mol. The smallest absolute Gasteiger partial charge is 0.319 e. The summed E-state index contributed by atoms with van der Waals surface area (Å²) in [6.07, 6.45) is 1.96. The highest BCUT2D eigenvalue weighted by molar-refractivity contribution is 5.89. The van der Waals surface area contributed by atoms with E-state index >= 15 is 0 Å². The third-order valence-electron chi connectivity index (χ3n) is 2.99. The number of hydrogen-bond acceptors (Lipinski definition) is 3. The van der Waals surface area contributed by atoms with Crippen molar-refractivity contribution in [2.24, 2.45) is 5.92 Å². The van der Waals surface area contributed by atoms with Crippen LogP contribution in [0.3, 0.4) is 0 Å². The number of amides is 3. The van der Waals surface area contributed by atoms with E-state index in [4.69, 9.17) is 4.74 Å². The van der Waals surface area contributed by atoms with Gasteiger partial charge in [-0.15, -0.1) is 0 Å². The van der Waals surface area contributed by atoms with Crippen molar-refractivity contribution in [2.75, 3.05) is 25.5 Å². The average molecular weight is 277 g/mol. The summed E-state index contributed by atoms with van der Waals surface area (Å²) in [5.74, 6) is 0.958. The Morgan fingerprint density at radius 2 is 2.00 bits per heavy atom. The molecule has 3 amide bonds. The minimum Gasteiger partial charge on any atom is -0.497 e. The molecule has 6 nitrogen and oxygen atoms in total. The molecule has 0 aliphatic heterocycles. The highest BCUT2D eigenvalue weighted by Gasteiger charge is 2.28. The van der Waals surface area contributed by atoms with E-state index in [1.165, 1.54) is 0 Å². The van der Waals surface area contributed by atoms with Crippen LogP contribution < -0.4 is 20.7 Å². The summed E-state index contributed by atoms with van der Waals surface area (Å²) in [6.45, 7) is 0.842. The molecule has 20 heavy (non-hydrogen) atoms. The van der Waals surface area contributed by atoms with Gasteiger partial charge in [0, 0.05) is 30.8 Å². The molecule has 3 N–H and O–H groups in total. The van der Waals surface area contributed by atoms with Crippen molar-refractivity contribution >= 4 is 17.6 Å². The van der Waals surface area contributed by atoms with Crippen LogP contribution in [0.4, 0.5) is 10.5 Å². The fourth-order valence-corrected chi connectivity index (χ4v) is 1.73. The first-order valence-corrected chi connectivity index (χ1v) is 6.65. The maximum Gasteiger partial charge on any atom is 0.319 e. The molecule has 0 aromatic heterocycles. The van der Waals surface area contributed by atoms with E-state index in [1.54, 1.807) is 31.4 Å². The van der Waals surface area contributed by atoms with E-state index in [1.807, 2.05) is 0 Å². The first-order chi connectivity index (χ1) is 9.69. The molecule has 2 rings (SSSR count). The van der Waals surface area contributed by atoms with Crippen LogP contribution in [0.25, 0.3) is 0 Å². The van der Waals surface area contributed by atoms with E-state index in [2.05, 4.69) is 16.0 Å². The first kappa shape index (κ1) is 14.2. The summed E-state index contributed by atoms with van der Waals surface area (Å²) in [6, 6.07) is 6.80. The maximum absolute atomic E-state index is 11.6. The van der Waals surface area contributed by atoms with Crippen molar-refractivity contribution < 1.29 is 14.3 Å². The third kappa shape index (κ3) is 4.46. The van der Waals surface area contributed by atoms with Crippen LogP contribution in [-0.4, -0.2) is 32.1 Å². The van der Waals surface area contributed by atoms with Crippen molar-refractivity contribution in [2.45, 2.75) is 12.8 Å². The van der Waals surface area contributed by atoms with Crippen molar-refractivity contribution in [3.05, 3.63) is 24.3 Å². The van der Waals surface area contributed by atoms with Crippen molar-refractivity contribution in [3.8, 4) is 5.75 Å². The Morgan fingerprint density at radius 1 is 1.25 bits per heavy atom. The molecular weight excluding hydrogens is 258 g/mol. The van der Waals surface area contributed by atoms with Gasteiger partial charge in [0.1, 0.15) is 5.75 Å². The minimum absolute atomic E-state index is 0.0833. The Kier molecular flexibility index (Phi) is 4.81. The van der Waals surface area contributed by atoms with Crippen LogP contribution in [0.2, 0.25) is 0 Å². The number of benzene rings is 1. The van der Waals surface area contributed by atoms with E-state index in [9.17, 15) is 9.59 Å². The molecule has 1 aromatic rings. The number of ether oxygens (including phenoxy) is 1. The SMILES string of the molecule is COc1cccc(NC(=O)NCCNC(=O)C2CC2)c1. The van der Waals surface area contributed by atoms with Gasteiger partial charge in [-0.1, -0.05) is 6.07 Å². The van der Waals surface area contributed by atoms with Crippen LogP contribution in [0.5, 0.6) is 5.75 Å². The largest absolute Gasteiger partial charge is 0.497 e. The van der Waals surface area contributed by atoms with Crippen molar-refractivity contribution in [1.82, 2.24) is 10.6 Å². The van der Waals surface area contributed by atoms with Gasteiger partial charge in [0.25, 0.3) is 0 Å². The normalized spacial score (nSPS) is 13.4. The second kappa shape index (κ2) is 6.79. The number of rotatable bonds is 6. The molecule has 1 fully saturated rings. The van der Waals surface area contributed by atoms with Gasteiger partial charge in [0.05, 0.1) is 7.11 Å². The number of methoxy groups -OCH3 is 1. The molecule has 0 bridgehead atoms. The summed E-state index contributed by atoms with van der Waals surface area (Å²) in [7, 11) is 1.57. The Hall–Kier alpha value is -2.24. The number of carbonyl (C=O) groups excluding carboxylic acids is 2. The number of nitrogens with one attached hydrogen (secondary N) is 3. The molecule has 0 spiro atoms. The van der Waals surface area contributed by atoms with Crippen molar-refractivity contribution in [1.29, 1.82) is 0 Å². The Bertz CT molecular complexity index is 486. The number of urea groups is 1. The molecule has 6 heteroatoms. The fourth-order valence-electron chi connectivity index (χ4n) is 1.73. The lowest BCUT2D eigenvalue weighted by Gasteiger charge is -2.09. The lowest BCUT2D eigenvalue weighted by Crippen LogP contribution is -2.37. The van der Waals surface area contributed by atoms with Gasteiger partial charge >= 0.3 is 6.03 Å². The van der Waals surface area contributed by atoms with Crippen LogP contribution in [0.15, 0.2) is 24.3 Å². The van der Waals surface area contributed by atoms with Crippen LogP contribution in [0.1, 0.15) is 12.8 Å². The van der Waals surface area contributed by atoms with Gasteiger partial charge < -0.3 is 20.7 Å². The summed E-state index contributed by atoms with van der Waals surface area (Å²) in [5.41, 5.74) is 0.656. The minimum atomic E-state index is -0.307. The zero-order valence-corrected chi connectivity index (χ0v) is 11.4. The summed E-state index contributed by atoms with van der Waals surface area (Å²) >= 11 is 0. The summed E-state index contributed by atoms with van der Waals surface area (Å²) < 4.78 is 5.07. The molecule has 0 saturated heterocycles. The maximum atomic E-state index is 11.6. The van der Waals surface area contributed by atoms with E-state index in [-0.39, 0.29) is 17.9 Å². The zero-order valence-electron chi connectivity index (χ0n) is 11.4. The molecule has 1 saturated carbocycles. The quantitative estimate of drug-likeness (QED) is 0.687. The van der Waals surface area contributed by atoms with Crippen LogP contribution in [-0.2, 0) is 4.79 Å². The van der Waals surface area contributed by atoms with Crippen LogP contribution >= 0.6 is 0 Å². The molecule has 0 unspecified atom stereocenters. The van der Waals surface area contributed by atoms with Gasteiger partial charge in [0.15, 0.2) is 0 Å². The second-order valence-corrected chi connectivity index (χ2v) is 4.68. The van der Waals surface area contributed by atoms with Gasteiger partial charge in [-0.25, -0.2) is 4.79 Å². The highest BCUT2D eigenvalue weighted by Crippen LogP contribution is 2.28. The highest BCUT2D eigenvalue weighted by atomic mass is 16.5. The van der Waals surface area contributed by atoms with E-state index in [0.29, 0.717) is 24.5 Å². The Morgan fingerprint density at radius 3 is 2.70 bits per heavy atom. The molecule has 108 valence electrons. The standard InChI is InChI=1S/C14H19N3O3/c1-20-12-4-2-3-11(9-12)17-14(19)16-8-7-15-13(18)10-5-6-10/h2-4,9-10H,5-8H2,1H3,(H,15,18)(H2,16,17,19). The summed E-state index contributed by atoms with van der Waals surface area (Å²) in [4.78, 5) is 23.0. The zero-order chi connectivity index (χ0) is 14.4. The Balaban J connectivity index is 1.65. The van der Waals surface area contributed by atoms with E-state index in [0.717, 1.165) is 12.8 Å². The molecule has 1 aliphatic carbocycles. The first-order valence-electron chi connectivity index (χ1n) is 6.65. The van der Waals surface area contributed by atoms with Gasteiger partial charge in [0.2, 0.25) is 5.91 Å². The number of anilines is 1. The topological polar surface area (TPSA) is 79.5 Å². The molecular formula is C14H19N3O3. The van der Waals surface area contributed by atoms with Gasteiger partial charge in [-0.3, -0.25) is 4.79 Å². The number of carbonyl (C=O) groups is 2. The lowest BCUT2D eigenvalue weighted by atomic mass is 10.3. The van der Waals surface area contributed by atoms with Gasteiger partial charge in [-0.2, -0.15) is 0 Å². The van der Waals surface area contributed by atoms with Crippen LogP contribution in [0, 0.1) is 5.92 Å². The van der Waals surface area contributed by atoms with E-state index < -0.39 is 0 Å². The third-order valence-corrected chi connectivity index (χ3v) is 2.99. The molecule has 0 atom stereocenters. The summed E-state index contributed by atoms with van der Waals surface area (Å²) in [5, 5.41) is 8.16. The molecule has 1 aliphatic rings. The number of hydrogen-bond donors (Lipinski definition) is 3. The Labute approximate surface area is 117 Å². The molecule has 1 aromatic carbocycles. The second-order valence-electron chi connectivity index (χ2n) is 4.68. The average Bonchev–Trinajstić information content (AvgIpc) is 3.28. The van der Waals surface area contributed by atoms with Crippen molar-refractivity contribution in [3.63, 3.8) is 0 Å². The lowest BCUT2D eigenvalue weighted by molar-refractivity contribution is -0.122. The van der Waals surface area contributed by atoms with Gasteiger partial charge in [-0.05, 0) is 25.0 Å². The molecule has 0 heterocycles. The predicted octanol–water partition coefficient (Wildman–Crippen LogP) is 1.34. The molecule has 0 radical (unpaired) electrons. The fraction of sp³-hybridized carbons (Fsp3) is 0.429. The predicted molar refractivity (Wildman–Crippen MR) is 75.7 cm³/mol.